The second-order valence-corrected chi connectivity index (χ2v) is 6.11. The molecule has 2 N–H and O–H groups in total. The first-order chi connectivity index (χ1) is 12.2. The molecule has 0 radical (unpaired) electrons. The van der Waals surface area contributed by atoms with E-state index in [1.165, 1.54) is 11.1 Å². The van der Waals surface area contributed by atoms with E-state index in [0.29, 0.717) is 26.2 Å². The van der Waals surface area contributed by atoms with Crippen molar-refractivity contribution in [3.05, 3.63) is 59.7 Å². The van der Waals surface area contributed by atoms with Crippen LogP contribution in [0.1, 0.15) is 18.1 Å². The molecular weight excluding hydrogens is 316 g/mol. The molecule has 0 aromatic heterocycles. The van der Waals surface area contributed by atoms with Crippen LogP contribution in [0.5, 0.6) is 11.5 Å². The van der Waals surface area contributed by atoms with Crippen molar-refractivity contribution in [3.8, 4) is 11.5 Å². The minimum absolute atomic E-state index is 0.279. The van der Waals surface area contributed by atoms with E-state index >= 15 is 0 Å². The zero-order chi connectivity index (χ0) is 17.6. The number of nitrogens with two attached hydrogens (primary N) is 1. The average molecular weight is 340 g/mol. The van der Waals surface area contributed by atoms with Crippen molar-refractivity contribution >= 4 is 5.91 Å². The smallest absolute Gasteiger partial charge is 0.235 e. The molecule has 1 amide bonds. The van der Waals surface area contributed by atoms with Crippen LogP contribution in [0.2, 0.25) is 0 Å². The van der Waals surface area contributed by atoms with E-state index < -0.39 is 0 Å². The van der Waals surface area contributed by atoms with E-state index in [9.17, 15) is 4.79 Å². The van der Waals surface area contributed by atoms with Gasteiger partial charge < -0.3 is 15.2 Å². The lowest BCUT2D eigenvalue weighted by Crippen LogP contribution is -2.49. The Labute approximate surface area is 148 Å². The molecule has 1 aliphatic rings. The van der Waals surface area contributed by atoms with Crippen molar-refractivity contribution in [3.63, 3.8) is 0 Å². The van der Waals surface area contributed by atoms with Gasteiger partial charge in [0.05, 0.1) is 12.6 Å². The van der Waals surface area contributed by atoms with E-state index in [4.69, 9.17) is 15.2 Å². The fourth-order valence-electron chi connectivity index (χ4n) is 3.17. The lowest BCUT2D eigenvalue weighted by molar-refractivity contribution is -0.123. The van der Waals surface area contributed by atoms with Gasteiger partial charge in [-0.1, -0.05) is 24.3 Å². The molecule has 0 unspecified atom stereocenters. The third kappa shape index (κ3) is 4.31. The maximum atomic E-state index is 11.8. The molecule has 1 aliphatic heterocycles. The zero-order valence-electron chi connectivity index (χ0n) is 14.5. The Morgan fingerprint density at radius 3 is 2.36 bits per heavy atom. The van der Waals surface area contributed by atoms with Crippen molar-refractivity contribution in [2.45, 2.75) is 25.9 Å². The molecule has 3 rings (SSSR count). The molecule has 0 saturated heterocycles. The molecule has 1 atom stereocenters. The molecule has 5 heteroatoms. The topological polar surface area (TPSA) is 64.8 Å². The van der Waals surface area contributed by atoms with Crippen LogP contribution in [0.25, 0.3) is 0 Å². The molecule has 0 spiro atoms. The number of ether oxygens (including phenoxy) is 2. The molecule has 0 fully saturated rings. The fourth-order valence-corrected chi connectivity index (χ4v) is 3.17. The Kier molecular flexibility index (Phi) is 5.56. The number of primary amides is 1. The number of amides is 1. The highest BCUT2D eigenvalue weighted by atomic mass is 16.5. The fraction of sp³-hybridized carbons (Fsp3) is 0.350. The average Bonchev–Trinajstić information content (AvgIpc) is 2.62. The molecule has 2 aromatic carbocycles. The summed E-state index contributed by atoms with van der Waals surface area (Å²) in [5, 5.41) is 0. The number of rotatable bonds is 7. The Hall–Kier alpha value is -2.53. The molecular formula is C20H24N2O3. The maximum Gasteiger partial charge on any atom is 0.235 e. The number of carbonyl (C=O) groups excluding carboxylic acids is 1. The van der Waals surface area contributed by atoms with Gasteiger partial charge in [-0.2, -0.15) is 0 Å². The molecule has 0 saturated carbocycles. The molecule has 25 heavy (non-hydrogen) atoms. The van der Waals surface area contributed by atoms with Crippen LogP contribution in [-0.4, -0.2) is 36.6 Å². The lowest BCUT2D eigenvalue weighted by Gasteiger charge is -2.34. The number of carbonyl (C=O) groups is 1. The SMILES string of the molecule is CCOc1ccc(OCCN2Cc3ccccc3C[C@H]2C(N)=O)cc1. The third-order valence-corrected chi connectivity index (χ3v) is 4.46. The van der Waals surface area contributed by atoms with Crippen LogP contribution in [0.4, 0.5) is 0 Å². The number of hydrogen-bond donors (Lipinski definition) is 1. The summed E-state index contributed by atoms with van der Waals surface area (Å²) in [6.07, 6.45) is 0.661. The first-order valence-electron chi connectivity index (χ1n) is 8.63. The van der Waals surface area contributed by atoms with Crippen LogP contribution < -0.4 is 15.2 Å². The van der Waals surface area contributed by atoms with Crippen molar-refractivity contribution in [2.75, 3.05) is 19.8 Å². The summed E-state index contributed by atoms with van der Waals surface area (Å²) in [4.78, 5) is 13.9. The van der Waals surface area contributed by atoms with Crippen LogP contribution in [0.15, 0.2) is 48.5 Å². The number of benzene rings is 2. The van der Waals surface area contributed by atoms with Crippen molar-refractivity contribution in [1.29, 1.82) is 0 Å². The third-order valence-electron chi connectivity index (χ3n) is 4.46. The van der Waals surface area contributed by atoms with Crippen LogP contribution in [0, 0.1) is 0 Å². The second-order valence-electron chi connectivity index (χ2n) is 6.11. The molecule has 0 bridgehead atoms. The van der Waals surface area contributed by atoms with Gasteiger partial charge >= 0.3 is 0 Å². The highest BCUT2D eigenvalue weighted by Gasteiger charge is 2.29. The Morgan fingerprint density at radius 2 is 1.72 bits per heavy atom. The lowest BCUT2D eigenvalue weighted by atomic mass is 9.93. The summed E-state index contributed by atoms with van der Waals surface area (Å²) < 4.78 is 11.2. The van der Waals surface area contributed by atoms with E-state index in [1.807, 2.05) is 43.3 Å². The summed E-state index contributed by atoms with van der Waals surface area (Å²) >= 11 is 0. The summed E-state index contributed by atoms with van der Waals surface area (Å²) in [5.74, 6) is 1.34. The van der Waals surface area contributed by atoms with E-state index in [-0.39, 0.29) is 11.9 Å². The summed E-state index contributed by atoms with van der Waals surface area (Å²) in [6, 6.07) is 15.5. The quantitative estimate of drug-likeness (QED) is 0.840. The number of fused-ring (bicyclic) bond motifs is 1. The molecule has 2 aromatic rings. The highest BCUT2D eigenvalue weighted by Crippen LogP contribution is 2.23. The maximum absolute atomic E-state index is 11.8. The van der Waals surface area contributed by atoms with Crippen LogP contribution >= 0.6 is 0 Å². The van der Waals surface area contributed by atoms with Gasteiger partial charge in [-0.15, -0.1) is 0 Å². The summed E-state index contributed by atoms with van der Waals surface area (Å²) in [6.45, 7) is 4.47. The monoisotopic (exact) mass is 340 g/mol. The van der Waals surface area contributed by atoms with Gasteiger partial charge in [-0.05, 0) is 48.7 Å². The number of hydrogen-bond acceptors (Lipinski definition) is 4. The molecule has 5 nitrogen and oxygen atoms in total. The first-order valence-corrected chi connectivity index (χ1v) is 8.63. The van der Waals surface area contributed by atoms with Crippen molar-refractivity contribution in [1.82, 2.24) is 4.90 Å². The minimum atomic E-state index is -0.282. The minimum Gasteiger partial charge on any atom is -0.494 e. The Bertz CT molecular complexity index is 715. The first kappa shape index (κ1) is 17.3. The predicted octanol–water partition coefficient (Wildman–Crippen LogP) is 2.38. The van der Waals surface area contributed by atoms with Gasteiger partial charge in [-0.25, -0.2) is 0 Å². The molecule has 1 heterocycles. The zero-order valence-corrected chi connectivity index (χ0v) is 14.5. The van der Waals surface area contributed by atoms with Gasteiger partial charge in [0.25, 0.3) is 0 Å². The van der Waals surface area contributed by atoms with Crippen molar-refractivity contribution in [2.24, 2.45) is 5.73 Å². The Morgan fingerprint density at radius 1 is 1.08 bits per heavy atom. The van der Waals surface area contributed by atoms with Crippen molar-refractivity contribution < 1.29 is 14.3 Å². The molecule has 0 aliphatic carbocycles. The summed E-state index contributed by atoms with van der Waals surface area (Å²) in [7, 11) is 0. The van der Waals surface area contributed by atoms with E-state index in [0.717, 1.165) is 18.0 Å². The van der Waals surface area contributed by atoms with Gasteiger partial charge in [0.2, 0.25) is 5.91 Å². The second kappa shape index (κ2) is 8.03. The number of nitrogens with zero attached hydrogens (tertiary/aromatic N) is 1. The van der Waals surface area contributed by atoms with Crippen LogP contribution in [0.3, 0.4) is 0 Å². The highest BCUT2D eigenvalue weighted by molar-refractivity contribution is 5.80. The summed E-state index contributed by atoms with van der Waals surface area (Å²) in [5.41, 5.74) is 8.06. The van der Waals surface area contributed by atoms with Gasteiger partial charge in [0.15, 0.2) is 0 Å². The van der Waals surface area contributed by atoms with Gasteiger partial charge in [0.1, 0.15) is 18.1 Å². The standard InChI is InChI=1S/C20H24N2O3/c1-2-24-17-7-9-18(10-8-17)25-12-11-22-14-16-6-4-3-5-15(16)13-19(22)20(21)23/h3-10,19H,2,11-14H2,1H3,(H2,21,23)/t19-/m0/s1. The van der Waals surface area contributed by atoms with E-state index in [2.05, 4.69) is 17.0 Å². The van der Waals surface area contributed by atoms with Gasteiger partial charge in [0, 0.05) is 13.1 Å². The normalized spacial score (nSPS) is 16.9. The predicted molar refractivity (Wildman–Crippen MR) is 96.6 cm³/mol. The van der Waals surface area contributed by atoms with Crippen LogP contribution in [-0.2, 0) is 17.8 Å². The largest absolute Gasteiger partial charge is 0.494 e. The molecule has 132 valence electrons. The Balaban J connectivity index is 1.58. The van der Waals surface area contributed by atoms with Gasteiger partial charge in [-0.3, -0.25) is 9.69 Å². The van der Waals surface area contributed by atoms with E-state index in [1.54, 1.807) is 0 Å².